The Kier molecular flexibility index (Phi) is 3.80. The van der Waals surface area contributed by atoms with E-state index in [1.54, 1.807) is 7.11 Å². The first-order valence-corrected chi connectivity index (χ1v) is 7.22. The topological polar surface area (TPSA) is 22.1 Å². The van der Waals surface area contributed by atoms with Gasteiger partial charge in [-0.15, -0.1) is 0 Å². The lowest BCUT2D eigenvalue weighted by molar-refractivity contribution is 0.395. The molecule has 0 saturated carbocycles. The van der Waals surface area contributed by atoms with Crippen LogP contribution in [0, 0.1) is 6.92 Å². The molecule has 0 radical (unpaired) electrons. The van der Waals surface area contributed by atoms with E-state index in [9.17, 15) is 0 Å². The van der Waals surface area contributed by atoms with E-state index in [0.717, 1.165) is 27.9 Å². The maximum absolute atomic E-state index is 6.07. The van der Waals surface area contributed by atoms with Crippen molar-refractivity contribution in [3.8, 4) is 5.88 Å². The van der Waals surface area contributed by atoms with Crippen LogP contribution in [0.25, 0.3) is 10.9 Å². The Balaban J connectivity index is 2.07. The Morgan fingerprint density at radius 2 is 1.95 bits per heavy atom. The van der Waals surface area contributed by atoms with E-state index in [2.05, 4.69) is 42.2 Å². The number of pyridine rings is 1. The number of hydrogen-bond acceptors (Lipinski definition) is 2. The summed E-state index contributed by atoms with van der Waals surface area (Å²) in [5.74, 6) is 0.673. The molecule has 2 nitrogen and oxygen atoms in total. The molecular formula is C18H16ClNO. The van der Waals surface area contributed by atoms with Gasteiger partial charge in [0.1, 0.15) is 0 Å². The van der Waals surface area contributed by atoms with Gasteiger partial charge >= 0.3 is 0 Å². The first-order valence-electron chi connectivity index (χ1n) is 6.84. The largest absolute Gasteiger partial charge is 0.481 e. The Morgan fingerprint density at radius 3 is 2.71 bits per heavy atom. The van der Waals surface area contributed by atoms with Gasteiger partial charge in [-0.25, -0.2) is 4.98 Å². The second-order valence-electron chi connectivity index (χ2n) is 5.16. The van der Waals surface area contributed by atoms with E-state index in [4.69, 9.17) is 16.3 Å². The zero-order chi connectivity index (χ0) is 14.8. The summed E-state index contributed by atoms with van der Waals surface area (Å²) in [5, 5.41) is 1.75. The maximum atomic E-state index is 6.07. The fourth-order valence-electron chi connectivity index (χ4n) is 2.52. The molecule has 0 saturated heterocycles. The molecule has 0 N–H and O–H groups in total. The zero-order valence-electron chi connectivity index (χ0n) is 12.1. The van der Waals surface area contributed by atoms with Crippen LogP contribution in [0.2, 0.25) is 5.02 Å². The van der Waals surface area contributed by atoms with Crippen molar-refractivity contribution in [2.24, 2.45) is 0 Å². The van der Waals surface area contributed by atoms with Gasteiger partial charge in [0.25, 0.3) is 0 Å². The normalized spacial score (nSPS) is 10.8. The molecule has 0 aliphatic heterocycles. The lowest BCUT2D eigenvalue weighted by atomic mass is 10.0. The van der Waals surface area contributed by atoms with E-state index in [-0.39, 0.29) is 0 Å². The van der Waals surface area contributed by atoms with Gasteiger partial charge in [-0.2, -0.15) is 0 Å². The monoisotopic (exact) mass is 297 g/mol. The second kappa shape index (κ2) is 5.74. The average Bonchev–Trinajstić information content (AvgIpc) is 2.46. The highest BCUT2D eigenvalue weighted by atomic mass is 35.5. The molecule has 0 unspecified atom stereocenters. The number of halogens is 1. The van der Waals surface area contributed by atoms with Crippen molar-refractivity contribution >= 4 is 22.5 Å². The smallest absolute Gasteiger partial charge is 0.217 e. The lowest BCUT2D eigenvalue weighted by Gasteiger charge is -2.10. The van der Waals surface area contributed by atoms with Crippen molar-refractivity contribution in [1.82, 2.24) is 4.98 Å². The van der Waals surface area contributed by atoms with Crippen molar-refractivity contribution in [3.05, 3.63) is 70.2 Å². The van der Waals surface area contributed by atoms with Gasteiger partial charge in [0.15, 0.2) is 0 Å². The number of ether oxygens (including phenoxy) is 1. The van der Waals surface area contributed by atoms with Crippen LogP contribution in [-0.2, 0) is 6.42 Å². The number of hydrogen-bond donors (Lipinski definition) is 0. The summed E-state index contributed by atoms with van der Waals surface area (Å²) in [5.41, 5.74) is 4.46. The molecule has 2 aromatic carbocycles. The molecule has 3 rings (SSSR count). The molecule has 0 aliphatic rings. The Bertz CT molecular complexity index is 798. The van der Waals surface area contributed by atoms with Gasteiger partial charge < -0.3 is 4.74 Å². The third kappa shape index (κ3) is 3.01. The number of rotatable bonds is 3. The summed E-state index contributed by atoms with van der Waals surface area (Å²) >= 11 is 6.07. The van der Waals surface area contributed by atoms with Crippen LogP contribution in [0.3, 0.4) is 0 Å². The molecule has 106 valence electrons. The summed E-state index contributed by atoms with van der Waals surface area (Å²) in [6.45, 7) is 2.10. The number of fused-ring (bicyclic) bond motifs is 1. The van der Waals surface area contributed by atoms with Crippen LogP contribution in [0.15, 0.2) is 48.5 Å². The van der Waals surface area contributed by atoms with Crippen LogP contribution >= 0.6 is 11.6 Å². The second-order valence-corrected chi connectivity index (χ2v) is 5.60. The van der Waals surface area contributed by atoms with Gasteiger partial charge in [-0.1, -0.05) is 41.4 Å². The molecule has 1 heterocycles. The first-order chi connectivity index (χ1) is 10.2. The highest BCUT2D eigenvalue weighted by Gasteiger charge is 2.09. The van der Waals surface area contributed by atoms with Crippen molar-refractivity contribution in [2.45, 2.75) is 13.3 Å². The maximum Gasteiger partial charge on any atom is 0.217 e. The summed E-state index contributed by atoms with van der Waals surface area (Å²) in [6.07, 6.45) is 0.792. The molecule has 0 bridgehead atoms. The highest BCUT2D eigenvalue weighted by molar-refractivity contribution is 6.31. The van der Waals surface area contributed by atoms with Gasteiger partial charge in [0, 0.05) is 22.4 Å². The fourth-order valence-corrected chi connectivity index (χ4v) is 2.70. The molecule has 1 aromatic heterocycles. The summed E-state index contributed by atoms with van der Waals surface area (Å²) < 4.78 is 5.44. The fraction of sp³-hybridized carbons (Fsp3) is 0.167. The van der Waals surface area contributed by atoms with Gasteiger partial charge in [0.05, 0.1) is 12.6 Å². The minimum atomic E-state index is 0.673. The van der Waals surface area contributed by atoms with Crippen LogP contribution in [0.5, 0.6) is 5.88 Å². The van der Waals surface area contributed by atoms with E-state index in [1.807, 2.05) is 18.2 Å². The predicted octanol–water partition coefficient (Wildman–Crippen LogP) is 4.80. The molecule has 0 aliphatic carbocycles. The molecule has 0 fully saturated rings. The van der Waals surface area contributed by atoms with Crippen LogP contribution in [-0.4, -0.2) is 12.1 Å². The minimum absolute atomic E-state index is 0.673. The van der Waals surface area contributed by atoms with Crippen molar-refractivity contribution in [2.75, 3.05) is 7.11 Å². The lowest BCUT2D eigenvalue weighted by Crippen LogP contribution is -1.97. The molecule has 3 heteroatoms. The van der Waals surface area contributed by atoms with Gasteiger partial charge in [0.2, 0.25) is 5.88 Å². The number of nitrogens with zero attached hydrogens (tertiary/aromatic N) is 1. The minimum Gasteiger partial charge on any atom is -0.481 e. The number of methoxy groups -OCH3 is 1. The molecule has 0 atom stereocenters. The highest BCUT2D eigenvalue weighted by Crippen LogP contribution is 2.26. The van der Waals surface area contributed by atoms with Crippen molar-refractivity contribution in [1.29, 1.82) is 0 Å². The van der Waals surface area contributed by atoms with Crippen LogP contribution in [0.4, 0.5) is 0 Å². The molecular weight excluding hydrogens is 282 g/mol. The molecule has 21 heavy (non-hydrogen) atoms. The number of aromatic nitrogens is 1. The number of benzene rings is 2. The summed E-state index contributed by atoms with van der Waals surface area (Å²) in [6, 6.07) is 16.3. The van der Waals surface area contributed by atoms with E-state index in [1.165, 1.54) is 11.1 Å². The Morgan fingerprint density at radius 1 is 1.10 bits per heavy atom. The summed E-state index contributed by atoms with van der Waals surface area (Å²) in [4.78, 5) is 4.57. The third-order valence-corrected chi connectivity index (χ3v) is 3.72. The van der Waals surface area contributed by atoms with Crippen LogP contribution in [0.1, 0.15) is 16.7 Å². The Hall–Kier alpha value is -2.06. The van der Waals surface area contributed by atoms with Gasteiger partial charge in [-0.3, -0.25) is 0 Å². The standard InChI is InChI=1S/C18H16ClNO/c1-12-4-3-5-13(8-12)9-15-10-14-11-16(19)6-7-17(14)20-18(15)21-2/h3-8,10-11H,9H2,1-2H3. The molecule has 0 spiro atoms. The first kappa shape index (κ1) is 13.9. The van der Waals surface area contributed by atoms with E-state index in [0.29, 0.717) is 5.88 Å². The van der Waals surface area contributed by atoms with E-state index >= 15 is 0 Å². The van der Waals surface area contributed by atoms with Crippen molar-refractivity contribution in [3.63, 3.8) is 0 Å². The van der Waals surface area contributed by atoms with E-state index < -0.39 is 0 Å². The number of aryl methyl sites for hydroxylation is 1. The predicted molar refractivity (Wildman–Crippen MR) is 87.3 cm³/mol. The third-order valence-electron chi connectivity index (χ3n) is 3.49. The van der Waals surface area contributed by atoms with Crippen LogP contribution < -0.4 is 4.74 Å². The van der Waals surface area contributed by atoms with Crippen molar-refractivity contribution < 1.29 is 4.74 Å². The SMILES string of the molecule is COc1nc2ccc(Cl)cc2cc1Cc1cccc(C)c1. The Labute approximate surface area is 129 Å². The average molecular weight is 298 g/mol. The summed E-state index contributed by atoms with van der Waals surface area (Å²) in [7, 11) is 1.66. The molecule has 0 amide bonds. The zero-order valence-corrected chi connectivity index (χ0v) is 12.8. The van der Waals surface area contributed by atoms with Gasteiger partial charge in [-0.05, 0) is 36.8 Å². The molecule has 3 aromatic rings. The quantitative estimate of drug-likeness (QED) is 0.693.